The van der Waals surface area contributed by atoms with Crippen LogP contribution in [0.4, 0.5) is 4.79 Å². The van der Waals surface area contributed by atoms with E-state index in [0.29, 0.717) is 18.2 Å². The number of likely N-dealkylation sites (tertiary alicyclic amines) is 1. The molecule has 0 bridgehead atoms. The molecule has 0 aliphatic carbocycles. The first kappa shape index (κ1) is 21.0. The molecule has 6 nitrogen and oxygen atoms in total. The summed E-state index contributed by atoms with van der Waals surface area (Å²) in [5, 5.41) is 5.32. The SMILES string of the molecule is COc1cc2c(cc1OC)CN(C(=O)NCC1CCN(Cc3cccs3)CC1)CC2. The van der Waals surface area contributed by atoms with Gasteiger partial charge in [0.1, 0.15) is 0 Å². The molecule has 0 spiro atoms. The van der Waals surface area contributed by atoms with Crippen LogP contribution in [0.25, 0.3) is 0 Å². The summed E-state index contributed by atoms with van der Waals surface area (Å²) in [7, 11) is 3.29. The van der Waals surface area contributed by atoms with E-state index < -0.39 is 0 Å². The molecular formula is C23H31N3O3S. The maximum absolute atomic E-state index is 12.8. The van der Waals surface area contributed by atoms with E-state index in [1.54, 1.807) is 14.2 Å². The molecule has 162 valence electrons. The number of ether oxygens (including phenoxy) is 2. The lowest BCUT2D eigenvalue weighted by Crippen LogP contribution is -2.45. The summed E-state index contributed by atoms with van der Waals surface area (Å²) >= 11 is 1.83. The molecule has 3 heterocycles. The van der Waals surface area contributed by atoms with Crippen molar-refractivity contribution >= 4 is 17.4 Å². The summed E-state index contributed by atoms with van der Waals surface area (Å²) in [6.07, 6.45) is 3.13. The molecule has 0 unspecified atom stereocenters. The van der Waals surface area contributed by atoms with E-state index in [4.69, 9.17) is 9.47 Å². The maximum atomic E-state index is 12.8. The molecule has 1 aromatic carbocycles. The lowest BCUT2D eigenvalue weighted by atomic mass is 9.96. The van der Waals surface area contributed by atoms with Crippen LogP contribution in [-0.2, 0) is 19.5 Å². The second-order valence-corrected chi connectivity index (χ2v) is 9.16. The topological polar surface area (TPSA) is 54.0 Å². The number of methoxy groups -OCH3 is 2. The average molecular weight is 430 g/mol. The summed E-state index contributed by atoms with van der Waals surface area (Å²) in [6.45, 7) is 5.38. The van der Waals surface area contributed by atoms with Gasteiger partial charge in [0.2, 0.25) is 0 Å². The highest BCUT2D eigenvalue weighted by molar-refractivity contribution is 7.09. The van der Waals surface area contributed by atoms with Crippen LogP contribution in [-0.4, -0.2) is 56.2 Å². The predicted molar refractivity (Wildman–Crippen MR) is 119 cm³/mol. The van der Waals surface area contributed by atoms with Crippen molar-refractivity contribution in [2.24, 2.45) is 5.92 Å². The number of thiophene rings is 1. The van der Waals surface area contributed by atoms with Crippen molar-refractivity contribution in [3.63, 3.8) is 0 Å². The number of hydrogen-bond donors (Lipinski definition) is 1. The fourth-order valence-corrected chi connectivity index (χ4v) is 5.12. The van der Waals surface area contributed by atoms with Crippen LogP contribution >= 0.6 is 11.3 Å². The van der Waals surface area contributed by atoms with Crippen molar-refractivity contribution in [2.75, 3.05) is 40.4 Å². The Morgan fingerprint density at radius 2 is 1.87 bits per heavy atom. The third kappa shape index (κ3) is 4.90. The Kier molecular flexibility index (Phi) is 6.79. The number of carbonyl (C=O) groups is 1. The molecule has 30 heavy (non-hydrogen) atoms. The zero-order valence-electron chi connectivity index (χ0n) is 17.9. The largest absolute Gasteiger partial charge is 0.493 e. The van der Waals surface area contributed by atoms with Crippen molar-refractivity contribution in [3.05, 3.63) is 45.6 Å². The third-order valence-corrected chi connectivity index (χ3v) is 7.08. The quantitative estimate of drug-likeness (QED) is 0.760. The molecule has 0 radical (unpaired) electrons. The fraction of sp³-hybridized carbons (Fsp3) is 0.522. The molecule has 2 aromatic rings. The van der Waals surface area contributed by atoms with Gasteiger partial charge < -0.3 is 19.7 Å². The Labute approximate surface area is 182 Å². The first-order valence-electron chi connectivity index (χ1n) is 10.7. The molecule has 1 saturated heterocycles. The maximum Gasteiger partial charge on any atom is 0.317 e. The standard InChI is InChI=1S/C23H31N3O3S/c1-28-21-12-18-7-10-26(15-19(18)13-22(21)29-2)23(27)24-14-17-5-8-25(9-6-17)16-20-4-3-11-30-20/h3-4,11-13,17H,5-10,14-16H2,1-2H3,(H,24,27). The van der Waals surface area contributed by atoms with Gasteiger partial charge in [-0.1, -0.05) is 6.07 Å². The smallest absolute Gasteiger partial charge is 0.317 e. The highest BCUT2D eigenvalue weighted by Crippen LogP contribution is 2.33. The Morgan fingerprint density at radius 1 is 1.13 bits per heavy atom. The van der Waals surface area contributed by atoms with Crippen LogP contribution in [0.5, 0.6) is 11.5 Å². The van der Waals surface area contributed by atoms with Crippen LogP contribution in [0.3, 0.4) is 0 Å². The van der Waals surface area contributed by atoms with Gasteiger partial charge >= 0.3 is 6.03 Å². The number of rotatable bonds is 6. The van der Waals surface area contributed by atoms with Crippen molar-refractivity contribution in [2.45, 2.75) is 32.4 Å². The number of hydrogen-bond acceptors (Lipinski definition) is 5. The van der Waals surface area contributed by atoms with Crippen LogP contribution in [0.1, 0.15) is 28.8 Å². The summed E-state index contributed by atoms with van der Waals surface area (Å²) in [5.41, 5.74) is 2.37. The summed E-state index contributed by atoms with van der Waals surface area (Å²) < 4.78 is 10.8. The lowest BCUT2D eigenvalue weighted by Gasteiger charge is -2.33. The molecule has 0 atom stereocenters. The minimum atomic E-state index is 0.0384. The van der Waals surface area contributed by atoms with Gasteiger partial charge in [0, 0.05) is 31.1 Å². The van der Waals surface area contributed by atoms with E-state index in [1.807, 2.05) is 28.4 Å². The van der Waals surface area contributed by atoms with Crippen LogP contribution in [0.15, 0.2) is 29.6 Å². The number of nitrogens with one attached hydrogen (secondary N) is 1. The Bertz CT molecular complexity index is 848. The van der Waals surface area contributed by atoms with Crippen molar-refractivity contribution in [1.82, 2.24) is 15.1 Å². The van der Waals surface area contributed by atoms with E-state index in [9.17, 15) is 4.79 Å². The van der Waals surface area contributed by atoms with Gasteiger partial charge in [0.25, 0.3) is 0 Å². The summed E-state index contributed by atoms with van der Waals surface area (Å²) in [6, 6.07) is 8.40. The van der Waals surface area contributed by atoms with Crippen LogP contribution in [0.2, 0.25) is 0 Å². The van der Waals surface area contributed by atoms with Crippen molar-refractivity contribution in [3.8, 4) is 11.5 Å². The number of nitrogens with zero attached hydrogens (tertiary/aromatic N) is 2. The highest BCUT2D eigenvalue weighted by atomic mass is 32.1. The number of benzene rings is 1. The van der Waals surface area contributed by atoms with Gasteiger partial charge in [-0.25, -0.2) is 4.79 Å². The number of urea groups is 1. The summed E-state index contributed by atoms with van der Waals surface area (Å²) in [4.78, 5) is 18.6. The average Bonchev–Trinajstić information content (AvgIpc) is 3.30. The van der Waals surface area contributed by atoms with E-state index in [-0.39, 0.29) is 6.03 Å². The van der Waals surface area contributed by atoms with Crippen molar-refractivity contribution < 1.29 is 14.3 Å². The predicted octanol–water partition coefficient (Wildman–Crippen LogP) is 3.75. The number of amides is 2. The fourth-order valence-electron chi connectivity index (χ4n) is 4.37. The molecular weight excluding hydrogens is 398 g/mol. The van der Waals surface area contributed by atoms with Crippen LogP contribution in [0, 0.1) is 5.92 Å². The number of carbonyl (C=O) groups excluding carboxylic acids is 1. The monoisotopic (exact) mass is 429 g/mol. The first-order valence-corrected chi connectivity index (χ1v) is 11.6. The second kappa shape index (κ2) is 9.71. The van der Waals surface area contributed by atoms with E-state index >= 15 is 0 Å². The number of fused-ring (bicyclic) bond motifs is 1. The molecule has 4 rings (SSSR count). The van der Waals surface area contributed by atoms with Crippen LogP contribution < -0.4 is 14.8 Å². The zero-order chi connectivity index (χ0) is 20.9. The van der Waals surface area contributed by atoms with E-state index in [0.717, 1.165) is 63.3 Å². The molecule has 1 fully saturated rings. The molecule has 7 heteroatoms. The van der Waals surface area contributed by atoms with Crippen molar-refractivity contribution in [1.29, 1.82) is 0 Å². The van der Waals surface area contributed by atoms with Gasteiger partial charge in [-0.2, -0.15) is 0 Å². The minimum Gasteiger partial charge on any atom is -0.493 e. The minimum absolute atomic E-state index is 0.0384. The zero-order valence-corrected chi connectivity index (χ0v) is 18.7. The van der Waals surface area contributed by atoms with Gasteiger partial charge in [-0.3, -0.25) is 4.90 Å². The normalized spacial score (nSPS) is 17.5. The Hall–Kier alpha value is -2.25. The Balaban J connectivity index is 1.24. The van der Waals surface area contributed by atoms with E-state index in [2.05, 4.69) is 27.7 Å². The molecule has 2 aliphatic heterocycles. The highest BCUT2D eigenvalue weighted by Gasteiger charge is 2.24. The third-order valence-electron chi connectivity index (χ3n) is 6.21. The van der Waals surface area contributed by atoms with Gasteiger partial charge in [0.15, 0.2) is 11.5 Å². The molecule has 2 aliphatic rings. The molecule has 1 aromatic heterocycles. The number of piperidine rings is 1. The lowest BCUT2D eigenvalue weighted by molar-refractivity contribution is 0.167. The Morgan fingerprint density at radius 3 is 2.53 bits per heavy atom. The van der Waals surface area contributed by atoms with E-state index in [1.165, 1.54) is 10.4 Å². The second-order valence-electron chi connectivity index (χ2n) is 8.13. The summed E-state index contributed by atoms with van der Waals surface area (Å²) in [5.74, 6) is 2.03. The van der Waals surface area contributed by atoms with Gasteiger partial charge in [0.05, 0.1) is 14.2 Å². The van der Waals surface area contributed by atoms with Gasteiger partial charge in [-0.05, 0) is 73.0 Å². The molecule has 0 saturated carbocycles. The first-order chi connectivity index (χ1) is 14.7. The molecule has 2 amide bonds. The van der Waals surface area contributed by atoms with Gasteiger partial charge in [-0.15, -0.1) is 11.3 Å². The molecule has 1 N–H and O–H groups in total.